The van der Waals surface area contributed by atoms with Crippen molar-refractivity contribution in [3.63, 3.8) is 0 Å². The molecule has 2 aromatic rings. The van der Waals surface area contributed by atoms with Gasteiger partial charge in [0, 0.05) is 31.3 Å². The standard InChI is InChI=1S/C20H26FN5O/c1-3-26-10-4-5-14(13-26)11-24-20(27)16-8-6-15(7-9-16)18-23-12-17(21)19(22-2)25-18/h6-9,12,14H,3-5,10-11,13H2,1-2H3,(H,24,27)(H,22,23,25)/t14-/m1/s1. The van der Waals surface area contributed by atoms with E-state index in [4.69, 9.17) is 0 Å². The first-order valence-corrected chi connectivity index (χ1v) is 9.42. The number of hydrogen-bond acceptors (Lipinski definition) is 5. The second-order valence-electron chi connectivity index (χ2n) is 6.83. The Kier molecular flexibility index (Phi) is 6.34. The number of nitrogens with one attached hydrogen (secondary N) is 2. The lowest BCUT2D eigenvalue weighted by molar-refractivity contribution is 0.0933. The van der Waals surface area contributed by atoms with E-state index in [1.165, 1.54) is 6.42 Å². The van der Waals surface area contributed by atoms with Crippen molar-refractivity contribution in [2.45, 2.75) is 19.8 Å². The SMILES string of the molecule is CCN1CCC[C@H](CNC(=O)c2ccc(-c3ncc(F)c(NC)n3)cc2)C1. The van der Waals surface area contributed by atoms with Gasteiger partial charge >= 0.3 is 0 Å². The van der Waals surface area contributed by atoms with E-state index in [0.29, 0.717) is 23.9 Å². The summed E-state index contributed by atoms with van der Waals surface area (Å²) in [7, 11) is 1.61. The highest BCUT2D eigenvalue weighted by Gasteiger charge is 2.19. The van der Waals surface area contributed by atoms with Crippen LogP contribution in [0.15, 0.2) is 30.5 Å². The van der Waals surface area contributed by atoms with Crippen molar-refractivity contribution in [3.8, 4) is 11.4 Å². The minimum atomic E-state index is -0.499. The maximum absolute atomic E-state index is 13.5. The molecule has 6 nitrogen and oxygen atoms in total. The second kappa shape index (κ2) is 8.90. The van der Waals surface area contributed by atoms with Crippen molar-refractivity contribution < 1.29 is 9.18 Å². The molecule has 1 amide bonds. The zero-order valence-electron chi connectivity index (χ0n) is 15.8. The Morgan fingerprint density at radius 3 is 2.81 bits per heavy atom. The number of halogens is 1. The van der Waals surface area contributed by atoms with E-state index in [9.17, 15) is 9.18 Å². The topological polar surface area (TPSA) is 70.2 Å². The van der Waals surface area contributed by atoms with Gasteiger partial charge in [0.1, 0.15) is 0 Å². The van der Waals surface area contributed by atoms with Crippen LogP contribution < -0.4 is 10.6 Å². The summed E-state index contributed by atoms with van der Waals surface area (Å²) in [5, 5.41) is 5.74. The number of anilines is 1. The van der Waals surface area contributed by atoms with E-state index in [0.717, 1.165) is 37.8 Å². The van der Waals surface area contributed by atoms with Crippen molar-refractivity contribution in [1.29, 1.82) is 0 Å². The molecule has 0 bridgehead atoms. The maximum atomic E-state index is 13.5. The Balaban J connectivity index is 1.60. The molecular weight excluding hydrogens is 345 g/mol. The smallest absolute Gasteiger partial charge is 0.251 e. The number of benzene rings is 1. The predicted molar refractivity (Wildman–Crippen MR) is 104 cm³/mol. The molecule has 0 saturated carbocycles. The second-order valence-corrected chi connectivity index (χ2v) is 6.83. The van der Waals surface area contributed by atoms with Crippen LogP contribution >= 0.6 is 0 Å². The van der Waals surface area contributed by atoms with E-state index in [1.54, 1.807) is 31.3 Å². The molecule has 27 heavy (non-hydrogen) atoms. The number of carbonyl (C=O) groups excluding carboxylic acids is 1. The Labute approximate surface area is 159 Å². The highest BCUT2D eigenvalue weighted by atomic mass is 19.1. The molecule has 1 saturated heterocycles. The van der Waals surface area contributed by atoms with Crippen LogP contribution in [0.5, 0.6) is 0 Å². The van der Waals surface area contributed by atoms with Gasteiger partial charge in [0.05, 0.1) is 6.20 Å². The van der Waals surface area contributed by atoms with Crippen LogP contribution in [0.3, 0.4) is 0 Å². The Morgan fingerprint density at radius 1 is 1.33 bits per heavy atom. The van der Waals surface area contributed by atoms with Gasteiger partial charge in [-0.25, -0.2) is 14.4 Å². The van der Waals surface area contributed by atoms with Gasteiger partial charge in [0.25, 0.3) is 5.91 Å². The highest BCUT2D eigenvalue weighted by molar-refractivity contribution is 5.94. The monoisotopic (exact) mass is 371 g/mol. The number of carbonyl (C=O) groups is 1. The minimum absolute atomic E-state index is 0.0777. The molecule has 0 unspecified atom stereocenters. The molecule has 7 heteroatoms. The van der Waals surface area contributed by atoms with Gasteiger partial charge < -0.3 is 15.5 Å². The molecule has 1 aromatic carbocycles. The Bertz CT molecular complexity index is 780. The number of likely N-dealkylation sites (tertiary alicyclic amines) is 1. The third kappa shape index (κ3) is 4.80. The molecule has 0 aliphatic carbocycles. The molecule has 1 aliphatic heterocycles. The third-order valence-electron chi connectivity index (χ3n) is 4.99. The summed E-state index contributed by atoms with van der Waals surface area (Å²) in [6.45, 7) is 6.14. The van der Waals surface area contributed by atoms with E-state index in [2.05, 4.69) is 32.4 Å². The first-order valence-electron chi connectivity index (χ1n) is 9.42. The van der Waals surface area contributed by atoms with Crippen LogP contribution in [0.4, 0.5) is 10.2 Å². The van der Waals surface area contributed by atoms with Crippen LogP contribution in [-0.4, -0.2) is 54.0 Å². The van der Waals surface area contributed by atoms with E-state index in [1.807, 2.05) is 0 Å². The fourth-order valence-electron chi connectivity index (χ4n) is 3.40. The summed E-state index contributed by atoms with van der Waals surface area (Å²) >= 11 is 0. The van der Waals surface area contributed by atoms with Gasteiger partial charge in [-0.3, -0.25) is 4.79 Å². The van der Waals surface area contributed by atoms with Crippen molar-refractivity contribution in [2.75, 3.05) is 38.5 Å². The maximum Gasteiger partial charge on any atom is 0.251 e. The summed E-state index contributed by atoms with van der Waals surface area (Å²) in [5.74, 6) is 0.493. The van der Waals surface area contributed by atoms with Crippen LogP contribution in [0, 0.1) is 11.7 Å². The fraction of sp³-hybridized carbons (Fsp3) is 0.450. The molecule has 0 spiro atoms. The van der Waals surface area contributed by atoms with Crippen LogP contribution in [-0.2, 0) is 0 Å². The summed E-state index contributed by atoms with van der Waals surface area (Å²) in [6.07, 6.45) is 3.49. The van der Waals surface area contributed by atoms with E-state index in [-0.39, 0.29) is 11.7 Å². The number of rotatable bonds is 6. The lowest BCUT2D eigenvalue weighted by Crippen LogP contribution is -2.40. The van der Waals surface area contributed by atoms with Gasteiger partial charge in [0.15, 0.2) is 17.5 Å². The zero-order chi connectivity index (χ0) is 19.2. The zero-order valence-corrected chi connectivity index (χ0v) is 15.8. The Morgan fingerprint density at radius 2 is 2.11 bits per heavy atom. The average molecular weight is 371 g/mol. The van der Waals surface area contributed by atoms with Crippen molar-refractivity contribution in [1.82, 2.24) is 20.2 Å². The van der Waals surface area contributed by atoms with Gasteiger partial charge in [-0.1, -0.05) is 19.1 Å². The summed E-state index contributed by atoms with van der Waals surface area (Å²) in [5.41, 5.74) is 1.33. The number of nitrogens with zero attached hydrogens (tertiary/aromatic N) is 3. The quantitative estimate of drug-likeness (QED) is 0.817. The molecule has 144 valence electrons. The number of hydrogen-bond donors (Lipinski definition) is 2. The first-order chi connectivity index (χ1) is 13.1. The largest absolute Gasteiger partial charge is 0.371 e. The number of aromatic nitrogens is 2. The molecule has 2 heterocycles. The first kappa shape index (κ1) is 19.2. The molecule has 1 fully saturated rings. The van der Waals surface area contributed by atoms with Crippen LogP contribution in [0.25, 0.3) is 11.4 Å². The van der Waals surface area contributed by atoms with Gasteiger partial charge in [-0.15, -0.1) is 0 Å². The minimum Gasteiger partial charge on any atom is -0.371 e. The molecule has 1 aromatic heterocycles. The number of piperidine rings is 1. The lowest BCUT2D eigenvalue weighted by atomic mass is 9.98. The molecule has 1 aliphatic rings. The third-order valence-corrected chi connectivity index (χ3v) is 4.99. The van der Waals surface area contributed by atoms with Crippen molar-refractivity contribution in [2.24, 2.45) is 5.92 Å². The van der Waals surface area contributed by atoms with Crippen LogP contribution in [0.2, 0.25) is 0 Å². The lowest BCUT2D eigenvalue weighted by Gasteiger charge is -2.31. The van der Waals surface area contributed by atoms with E-state index < -0.39 is 5.82 Å². The molecule has 3 rings (SSSR count). The van der Waals surface area contributed by atoms with Crippen LogP contribution in [0.1, 0.15) is 30.1 Å². The predicted octanol–water partition coefficient (Wildman–Crippen LogP) is 2.79. The van der Waals surface area contributed by atoms with Gasteiger partial charge in [0.2, 0.25) is 0 Å². The molecule has 1 atom stereocenters. The molecule has 0 radical (unpaired) electrons. The fourth-order valence-corrected chi connectivity index (χ4v) is 3.40. The highest BCUT2D eigenvalue weighted by Crippen LogP contribution is 2.19. The summed E-state index contributed by atoms with van der Waals surface area (Å²) < 4.78 is 13.5. The van der Waals surface area contributed by atoms with E-state index >= 15 is 0 Å². The summed E-state index contributed by atoms with van der Waals surface area (Å²) in [4.78, 5) is 23.0. The molecular formula is C20H26FN5O. The normalized spacial score (nSPS) is 17.5. The molecule has 2 N–H and O–H groups in total. The summed E-state index contributed by atoms with van der Waals surface area (Å²) in [6, 6.07) is 7.05. The van der Waals surface area contributed by atoms with Crippen molar-refractivity contribution >= 4 is 11.7 Å². The van der Waals surface area contributed by atoms with Gasteiger partial charge in [-0.05, 0) is 44.0 Å². The number of amides is 1. The average Bonchev–Trinajstić information content (AvgIpc) is 2.72. The van der Waals surface area contributed by atoms with Gasteiger partial charge in [-0.2, -0.15) is 0 Å². The van der Waals surface area contributed by atoms with Crippen molar-refractivity contribution in [3.05, 3.63) is 41.8 Å². The Hall–Kier alpha value is -2.54.